The standard InChI is InChI=1S/C17H21N3O2/c1-22-17-6-4-14(5-7-17)3-2-8-19-9-10-20-16(12-19)11-15(13-21)18-20/h2-7,11,21H,8-10,12-13H2,1H3/b3-2+. The first-order valence-corrected chi connectivity index (χ1v) is 7.48. The highest BCUT2D eigenvalue weighted by Gasteiger charge is 2.16. The van der Waals surface area contributed by atoms with Gasteiger partial charge in [0.25, 0.3) is 0 Å². The lowest BCUT2D eigenvalue weighted by Crippen LogP contribution is -2.33. The van der Waals surface area contributed by atoms with E-state index < -0.39 is 0 Å². The van der Waals surface area contributed by atoms with Crippen molar-refractivity contribution >= 4 is 6.08 Å². The van der Waals surface area contributed by atoms with E-state index in [4.69, 9.17) is 9.84 Å². The van der Waals surface area contributed by atoms with Gasteiger partial charge >= 0.3 is 0 Å². The van der Waals surface area contributed by atoms with Crippen molar-refractivity contribution in [1.29, 1.82) is 0 Å². The minimum Gasteiger partial charge on any atom is -0.497 e. The van der Waals surface area contributed by atoms with Gasteiger partial charge in [-0.3, -0.25) is 9.58 Å². The molecule has 0 fully saturated rings. The predicted molar refractivity (Wildman–Crippen MR) is 85.5 cm³/mol. The highest BCUT2D eigenvalue weighted by molar-refractivity contribution is 5.50. The Labute approximate surface area is 130 Å². The summed E-state index contributed by atoms with van der Waals surface area (Å²) in [6.45, 7) is 3.65. The van der Waals surface area contributed by atoms with Gasteiger partial charge in [0.2, 0.25) is 0 Å². The maximum absolute atomic E-state index is 9.15. The van der Waals surface area contributed by atoms with E-state index in [9.17, 15) is 0 Å². The van der Waals surface area contributed by atoms with Crippen LogP contribution in [0.2, 0.25) is 0 Å². The lowest BCUT2D eigenvalue weighted by Gasteiger charge is -2.26. The van der Waals surface area contributed by atoms with E-state index in [0.717, 1.165) is 37.6 Å². The van der Waals surface area contributed by atoms with Gasteiger partial charge in [0.15, 0.2) is 0 Å². The number of aliphatic hydroxyl groups excluding tert-OH is 1. The second-order valence-electron chi connectivity index (χ2n) is 5.42. The molecule has 0 aliphatic carbocycles. The van der Waals surface area contributed by atoms with Crippen LogP contribution < -0.4 is 4.74 Å². The number of hydrogen-bond donors (Lipinski definition) is 1. The molecule has 5 nitrogen and oxygen atoms in total. The summed E-state index contributed by atoms with van der Waals surface area (Å²) < 4.78 is 7.15. The van der Waals surface area contributed by atoms with Crippen LogP contribution in [0.25, 0.3) is 6.08 Å². The van der Waals surface area contributed by atoms with Crippen LogP contribution in [0.3, 0.4) is 0 Å². The van der Waals surface area contributed by atoms with E-state index in [-0.39, 0.29) is 6.61 Å². The van der Waals surface area contributed by atoms with Gasteiger partial charge in [-0.2, -0.15) is 5.10 Å². The molecule has 0 atom stereocenters. The number of methoxy groups -OCH3 is 1. The predicted octanol–water partition coefficient (Wildman–Crippen LogP) is 1.91. The molecular weight excluding hydrogens is 278 g/mol. The van der Waals surface area contributed by atoms with Crippen molar-refractivity contribution in [2.75, 3.05) is 20.2 Å². The smallest absolute Gasteiger partial charge is 0.118 e. The minimum atomic E-state index is 0.0113. The molecule has 2 aromatic rings. The zero-order chi connectivity index (χ0) is 15.4. The van der Waals surface area contributed by atoms with Gasteiger partial charge in [-0.25, -0.2) is 0 Å². The Morgan fingerprint density at radius 1 is 1.27 bits per heavy atom. The van der Waals surface area contributed by atoms with Crippen LogP contribution in [0.15, 0.2) is 36.4 Å². The molecular formula is C17H21N3O2. The summed E-state index contributed by atoms with van der Waals surface area (Å²) in [4.78, 5) is 2.37. The summed E-state index contributed by atoms with van der Waals surface area (Å²) in [5, 5.41) is 13.5. The van der Waals surface area contributed by atoms with Gasteiger partial charge in [0.05, 0.1) is 31.6 Å². The van der Waals surface area contributed by atoms with E-state index in [1.165, 1.54) is 11.3 Å². The molecule has 5 heteroatoms. The summed E-state index contributed by atoms with van der Waals surface area (Å²) in [5.74, 6) is 0.876. The molecule has 3 rings (SSSR count). The second kappa shape index (κ2) is 6.77. The lowest BCUT2D eigenvalue weighted by molar-refractivity contribution is 0.233. The van der Waals surface area contributed by atoms with Crippen LogP contribution in [0.5, 0.6) is 5.75 Å². The van der Waals surface area contributed by atoms with E-state index in [2.05, 4.69) is 22.2 Å². The molecule has 0 saturated carbocycles. The average molecular weight is 299 g/mol. The van der Waals surface area contributed by atoms with Gasteiger partial charge in [0, 0.05) is 19.6 Å². The number of aliphatic hydroxyl groups is 1. The topological polar surface area (TPSA) is 50.5 Å². The summed E-state index contributed by atoms with van der Waals surface area (Å²) in [5.41, 5.74) is 3.10. The summed E-state index contributed by atoms with van der Waals surface area (Å²) in [6, 6.07) is 10.0. The van der Waals surface area contributed by atoms with Gasteiger partial charge in [-0.1, -0.05) is 24.3 Å². The van der Waals surface area contributed by atoms with Crippen LogP contribution in [0.1, 0.15) is 17.0 Å². The van der Waals surface area contributed by atoms with Gasteiger partial charge in [-0.05, 0) is 23.8 Å². The second-order valence-corrected chi connectivity index (χ2v) is 5.42. The van der Waals surface area contributed by atoms with Crippen molar-refractivity contribution in [3.05, 3.63) is 53.4 Å². The quantitative estimate of drug-likeness (QED) is 0.916. The minimum absolute atomic E-state index is 0.0113. The van der Waals surface area contributed by atoms with Crippen molar-refractivity contribution in [1.82, 2.24) is 14.7 Å². The van der Waals surface area contributed by atoms with Crippen molar-refractivity contribution in [2.45, 2.75) is 19.7 Å². The van der Waals surface area contributed by atoms with Crippen LogP contribution in [0, 0.1) is 0 Å². The molecule has 0 radical (unpaired) electrons. The van der Waals surface area contributed by atoms with Crippen molar-refractivity contribution < 1.29 is 9.84 Å². The molecule has 1 aromatic heterocycles. The molecule has 0 unspecified atom stereocenters. The highest BCUT2D eigenvalue weighted by atomic mass is 16.5. The Morgan fingerprint density at radius 2 is 2.09 bits per heavy atom. The van der Waals surface area contributed by atoms with Crippen LogP contribution >= 0.6 is 0 Å². The molecule has 0 amide bonds. The van der Waals surface area contributed by atoms with Gasteiger partial charge in [-0.15, -0.1) is 0 Å². The number of benzene rings is 1. The summed E-state index contributed by atoms with van der Waals surface area (Å²) in [6.07, 6.45) is 4.31. The Bertz CT molecular complexity index is 646. The van der Waals surface area contributed by atoms with Crippen molar-refractivity contribution in [3.63, 3.8) is 0 Å². The lowest BCUT2D eigenvalue weighted by atomic mass is 10.2. The molecule has 1 aliphatic heterocycles. The first-order valence-electron chi connectivity index (χ1n) is 7.48. The zero-order valence-corrected chi connectivity index (χ0v) is 12.8. The van der Waals surface area contributed by atoms with Crippen LogP contribution in [-0.4, -0.2) is 40.0 Å². The summed E-state index contributed by atoms with van der Waals surface area (Å²) in [7, 11) is 1.67. The SMILES string of the molecule is COc1ccc(/C=C/CN2CCn3nc(CO)cc3C2)cc1. The third kappa shape index (κ3) is 3.37. The van der Waals surface area contributed by atoms with Crippen LogP contribution in [0.4, 0.5) is 0 Å². The largest absolute Gasteiger partial charge is 0.497 e. The molecule has 22 heavy (non-hydrogen) atoms. The molecule has 0 bridgehead atoms. The Morgan fingerprint density at radius 3 is 2.82 bits per heavy atom. The fraction of sp³-hybridized carbons (Fsp3) is 0.353. The van der Waals surface area contributed by atoms with Gasteiger partial charge < -0.3 is 9.84 Å². The molecule has 1 aromatic carbocycles. The van der Waals surface area contributed by atoms with Crippen molar-refractivity contribution in [3.8, 4) is 5.75 Å². The highest BCUT2D eigenvalue weighted by Crippen LogP contribution is 2.15. The maximum Gasteiger partial charge on any atom is 0.118 e. The average Bonchev–Trinajstić information content (AvgIpc) is 2.98. The molecule has 1 N–H and O–H groups in total. The Hall–Kier alpha value is -2.11. The Balaban J connectivity index is 1.56. The van der Waals surface area contributed by atoms with E-state index in [1.807, 2.05) is 35.0 Å². The van der Waals surface area contributed by atoms with E-state index >= 15 is 0 Å². The fourth-order valence-corrected chi connectivity index (χ4v) is 2.67. The Kier molecular flexibility index (Phi) is 4.56. The maximum atomic E-state index is 9.15. The monoisotopic (exact) mass is 299 g/mol. The fourth-order valence-electron chi connectivity index (χ4n) is 2.67. The number of aromatic nitrogens is 2. The molecule has 0 saturated heterocycles. The van der Waals surface area contributed by atoms with E-state index in [0.29, 0.717) is 0 Å². The summed E-state index contributed by atoms with van der Waals surface area (Å²) >= 11 is 0. The number of fused-ring (bicyclic) bond motifs is 1. The third-order valence-electron chi connectivity index (χ3n) is 3.88. The molecule has 0 spiro atoms. The third-order valence-corrected chi connectivity index (χ3v) is 3.88. The molecule has 116 valence electrons. The number of rotatable bonds is 5. The van der Waals surface area contributed by atoms with Crippen LogP contribution in [-0.2, 0) is 19.7 Å². The number of hydrogen-bond acceptors (Lipinski definition) is 4. The van der Waals surface area contributed by atoms with Crippen molar-refractivity contribution in [2.24, 2.45) is 0 Å². The zero-order valence-electron chi connectivity index (χ0n) is 12.8. The van der Waals surface area contributed by atoms with E-state index in [1.54, 1.807) is 7.11 Å². The van der Waals surface area contributed by atoms with Gasteiger partial charge in [0.1, 0.15) is 5.75 Å². The molecule has 1 aliphatic rings. The first-order chi connectivity index (χ1) is 10.8. The number of ether oxygens (including phenoxy) is 1. The number of nitrogens with zero attached hydrogens (tertiary/aromatic N) is 3. The normalized spacial score (nSPS) is 15.2. The molecule has 2 heterocycles. The first kappa shape index (κ1) is 14.8.